The minimum atomic E-state index is -0.464. The summed E-state index contributed by atoms with van der Waals surface area (Å²) in [6, 6.07) is 8.90. The van der Waals surface area contributed by atoms with Crippen molar-refractivity contribution in [2.75, 3.05) is 19.7 Å². The Balaban J connectivity index is 1.68. The van der Waals surface area contributed by atoms with Crippen LogP contribution in [0.2, 0.25) is 0 Å². The van der Waals surface area contributed by atoms with E-state index in [2.05, 4.69) is 9.97 Å². The number of pyridine rings is 2. The summed E-state index contributed by atoms with van der Waals surface area (Å²) >= 11 is 0. The van der Waals surface area contributed by atoms with Gasteiger partial charge in [0.05, 0.1) is 18.7 Å². The average Bonchev–Trinajstić information content (AvgIpc) is 2.68. The van der Waals surface area contributed by atoms with Crippen LogP contribution in [-0.2, 0) is 4.74 Å². The number of nitrogens with zero attached hydrogens (tertiary/aromatic N) is 2. The first-order valence-electron chi connectivity index (χ1n) is 8.25. The van der Waals surface area contributed by atoms with Crippen molar-refractivity contribution in [2.24, 2.45) is 0 Å². The molecule has 1 saturated heterocycles. The highest BCUT2D eigenvalue weighted by molar-refractivity contribution is 6.06. The molecule has 1 aliphatic rings. The van der Waals surface area contributed by atoms with Crippen molar-refractivity contribution in [3.05, 3.63) is 76.1 Å². The van der Waals surface area contributed by atoms with Crippen LogP contribution >= 0.6 is 0 Å². The van der Waals surface area contributed by atoms with Gasteiger partial charge < -0.3 is 14.6 Å². The first-order valence-corrected chi connectivity index (χ1v) is 8.25. The summed E-state index contributed by atoms with van der Waals surface area (Å²) in [7, 11) is 0. The van der Waals surface area contributed by atoms with Crippen molar-refractivity contribution in [3.63, 3.8) is 0 Å². The molecule has 0 unspecified atom stereocenters. The number of aromatic amines is 1. The van der Waals surface area contributed by atoms with Crippen LogP contribution in [-0.4, -0.2) is 40.5 Å². The predicted octanol–water partition coefficient (Wildman–Crippen LogP) is 2.28. The molecule has 1 aliphatic heterocycles. The zero-order valence-electron chi connectivity index (χ0n) is 13.8. The lowest BCUT2D eigenvalue weighted by Crippen LogP contribution is -2.42. The van der Waals surface area contributed by atoms with Gasteiger partial charge in [-0.25, -0.2) is 4.39 Å². The largest absolute Gasteiger partial charge is 0.370 e. The van der Waals surface area contributed by atoms with Crippen LogP contribution in [0.15, 0.2) is 53.6 Å². The maximum Gasteiger partial charge on any atom is 0.254 e. The highest BCUT2D eigenvalue weighted by Crippen LogP contribution is 2.24. The Morgan fingerprint density at radius 2 is 2.19 bits per heavy atom. The van der Waals surface area contributed by atoms with Crippen molar-refractivity contribution in [3.8, 4) is 0 Å². The molecule has 2 aromatic heterocycles. The van der Waals surface area contributed by atoms with E-state index in [1.807, 2.05) is 12.1 Å². The fourth-order valence-electron chi connectivity index (χ4n) is 3.18. The molecule has 1 atom stereocenters. The molecule has 4 rings (SSSR count). The fourth-order valence-corrected chi connectivity index (χ4v) is 3.18. The molecule has 0 saturated carbocycles. The molecule has 1 amide bonds. The van der Waals surface area contributed by atoms with Gasteiger partial charge in [-0.2, -0.15) is 0 Å². The summed E-state index contributed by atoms with van der Waals surface area (Å²) in [6.45, 7) is 1.12. The second-order valence-electron chi connectivity index (χ2n) is 6.13. The zero-order chi connectivity index (χ0) is 18.1. The highest BCUT2D eigenvalue weighted by atomic mass is 19.1. The van der Waals surface area contributed by atoms with Gasteiger partial charge in [0.1, 0.15) is 11.9 Å². The molecule has 0 bridgehead atoms. The number of hydrogen-bond donors (Lipinski definition) is 1. The minimum absolute atomic E-state index is 0.190. The summed E-state index contributed by atoms with van der Waals surface area (Å²) in [5.74, 6) is -0.780. The van der Waals surface area contributed by atoms with Gasteiger partial charge in [-0.1, -0.05) is 6.07 Å². The summed E-state index contributed by atoms with van der Waals surface area (Å²) < 4.78 is 19.4. The normalized spacial score (nSPS) is 17.4. The molecule has 26 heavy (non-hydrogen) atoms. The third kappa shape index (κ3) is 3.09. The van der Waals surface area contributed by atoms with Crippen molar-refractivity contribution in [2.45, 2.75) is 6.10 Å². The van der Waals surface area contributed by atoms with Crippen LogP contribution in [0.1, 0.15) is 22.0 Å². The summed E-state index contributed by atoms with van der Waals surface area (Å²) in [4.78, 5) is 33.3. The zero-order valence-corrected chi connectivity index (χ0v) is 13.8. The van der Waals surface area contributed by atoms with E-state index in [0.717, 1.165) is 5.56 Å². The van der Waals surface area contributed by atoms with E-state index in [1.54, 1.807) is 17.3 Å². The number of amides is 1. The lowest BCUT2D eigenvalue weighted by atomic mass is 10.1. The number of H-pyrrole nitrogens is 1. The number of nitrogens with one attached hydrogen (secondary N) is 1. The van der Waals surface area contributed by atoms with E-state index in [1.165, 1.54) is 24.3 Å². The first-order chi connectivity index (χ1) is 12.6. The van der Waals surface area contributed by atoms with Crippen LogP contribution in [0, 0.1) is 5.82 Å². The number of ether oxygens (including phenoxy) is 1. The van der Waals surface area contributed by atoms with Gasteiger partial charge in [-0.05, 0) is 24.3 Å². The molecule has 0 aliphatic carbocycles. The number of hydrogen-bond acceptors (Lipinski definition) is 4. The van der Waals surface area contributed by atoms with Crippen molar-refractivity contribution >= 4 is 16.8 Å². The topological polar surface area (TPSA) is 75.3 Å². The Kier molecular flexibility index (Phi) is 4.22. The molecule has 3 heterocycles. The molecule has 0 spiro atoms. The maximum atomic E-state index is 13.7. The van der Waals surface area contributed by atoms with Crippen LogP contribution in [0.5, 0.6) is 0 Å². The van der Waals surface area contributed by atoms with E-state index in [0.29, 0.717) is 30.6 Å². The van der Waals surface area contributed by atoms with E-state index in [9.17, 15) is 14.0 Å². The van der Waals surface area contributed by atoms with E-state index in [-0.39, 0.29) is 17.6 Å². The van der Waals surface area contributed by atoms with Gasteiger partial charge in [-0.3, -0.25) is 14.6 Å². The van der Waals surface area contributed by atoms with E-state index in [4.69, 9.17) is 4.74 Å². The van der Waals surface area contributed by atoms with Crippen LogP contribution in [0.3, 0.4) is 0 Å². The van der Waals surface area contributed by atoms with E-state index < -0.39 is 11.4 Å². The number of morpholine rings is 1. The number of halogens is 1. The number of carbonyl (C=O) groups is 1. The van der Waals surface area contributed by atoms with Gasteiger partial charge in [0, 0.05) is 41.5 Å². The number of fused-ring (bicyclic) bond motifs is 1. The smallest absolute Gasteiger partial charge is 0.254 e. The molecule has 1 N–H and O–H groups in total. The SMILES string of the molecule is O=C(c1cc(=O)[nH]c2ccc(F)cc12)N1CCO[C@@H](c2cccnc2)C1. The molecule has 0 radical (unpaired) electrons. The third-order valence-electron chi connectivity index (χ3n) is 4.45. The van der Waals surface area contributed by atoms with Gasteiger partial charge in [0.25, 0.3) is 5.91 Å². The fraction of sp³-hybridized carbons (Fsp3) is 0.211. The molecule has 6 nitrogen and oxygen atoms in total. The van der Waals surface area contributed by atoms with Crippen molar-refractivity contribution < 1.29 is 13.9 Å². The van der Waals surface area contributed by atoms with Crippen LogP contribution < -0.4 is 5.56 Å². The summed E-state index contributed by atoms with van der Waals surface area (Å²) in [5.41, 5.74) is 1.10. The van der Waals surface area contributed by atoms with Crippen molar-refractivity contribution in [1.29, 1.82) is 0 Å². The second kappa shape index (κ2) is 6.68. The van der Waals surface area contributed by atoms with Gasteiger partial charge in [0.2, 0.25) is 5.56 Å². The Hall–Kier alpha value is -3.06. The maximum absolute atomic E-state index is 13.7. The number of carbonyl (C=O) groups excluding carboxylic acids is 1. The Labute approximate surface area is 148 Å². The Morgan fingerprint density at radius 1 is 1.31 bits per heavy atom. The standard InChI is InChI=1S/C19H16FN3O3/c20-13-3-4-16-14(8-13)15(9-18(24)22-16)19(25)23-6-7-26-17(11-23)12-2-1-5-21-10-12/h1-5,8-10,17H,6-7,11H2,(H,22,24)/t17-/m1/s1. The first kappa shape index (κ1) is 16.4. The van der Waals surface area contributed by atoms with E-state index >= 15 is 0 Å². The monoisotopic (exact) mass is 353 g/mol. The quantitative estimate of drug-likeness (QED) is 0.767. The molecule has 1 aromatic carbocycles. The Bertz CT molecular complexity index is 1020. The van der Waals surface area contributed by atoms with Crippen molar-refractivity contribution in [1.82, 2.24) is 14.9 Å². The molecular weight excluding hydrogens is 337 g/mol. The summed E-state index contributed by atoms with van der Waals surface area (Å²) in [6.07, 6.45) is 3.09. The Morgan fingerprint density at radius 3 is 3.00 bits per heavy atom. The molecular formula is C19H16FN3O3. The lowest BCUT2D eigenvalue weighted by molar-refractivity contribution is -0.0229. The van der Waals surface area contributed by atoms with Gasteiger partial charge in [0.15, 0.2) is 0 Å². The number of aromatic nitrogens is 2. The second-order valence-corrected chi connectivity index (χ2v) is 6.13. The highest BCUT2D eigenvalue weighted by Gasteiger charge is 2.27. The molecule has 7 heteroatoms. The lowest BCUT2D eigenvalue weighted by Gasteiger charge is -2.33. The predicted molar refractivity (Wildman–Crippen MR) is 93.4 cm³/mol. The molecule has 3 aromatic rings. The molecule has 132 valence electrons. The third-order valence-corrected chi connectivity index (χ3v) is 4.45. The number of benzene rings is 1. The summed E-state index contributed by atoms with van der Waals surface area (Å²) in [5, 5.41) is 0.388. The van der Waals surface area contributed by atoms with Crippen LogP contribution in [0.25, 0.3) is 10.9 Å². The van der Waals surface area contributed by atoms with Crippen LogP contribution in [0.4, 0.5) is 4.39 Å². The average molecular weight is 353 g/mol. The minimum Gasteiger partial charge on any atom is -0.370 e. The number of rotatable bonds is 2. The van der Waals surface area contributed by atoms with Gasteiger partial charge in [-0.15, -0.1) is 0 Å². The molecule has 1 fully saturated rings. The van der Waals surface area contributed by atoms with Gasteiger partial charge >= 0.3 is 0 Å².